The minimum atomic E-state index is 0.303. The largest absolute Gasteiger partial charge is 0.469 e. The molecule has 2 aromatic heterocycles. The maximum absolute atomic E-state index is 6.32. The van der Waals surface area contributed by atoms with Crippen molar-refractivity contribution in [1.82, 2.24) is 9.97 Å². The van der Waals surface area contributed by atoms with Crippen LogP contribution in [0, 0.1) is 6.92 Å². The maximum atomic E-state index is 6.32. The Morgan fingerprint density at radius 2 is 1.67 bits per heavy atom. The molecule has 0 atom stereocenters. The van der Waals surface area contributed by atoms with Gasteiger partial charge in [-0.15, -0.1) is 0 Å². The van der Waals surface area contributed by atoms with Gasteiger partial charge in [-0.2, -0.15) is 0 Å². The third-order valence-electron chi connectivity index (χ3n) is 3.06. The van der Waals surface area contributed by atoms with E-state index in [4.69, 9.17) is 27.6 Å². The van der Waals surface area contributed by atoms with Crippen molar-refractivity contribution in [2.45, 2.75) is 6.92 Å². The van der Waals surface area contributed by atoms with E-state index < -0.39 is 0 Å². The summed E-state index contributed by atoms with van der Waals surface area (Å²) in [6.45, 7) is 1.84. The summed E-state index contributed by atoms with van der Waals surface area (Å²) in [6, 6.07) is 9.43. The number of benzene rings is 1. The van der Waals surface area contributed by atoms with E-state index in [0.717, 1.165) is 21.4 Å². The van der Waals surface area contributed by atoms with E-state index in [2.05, 4.69) is 25.9 Å². The lowest BCUT2D eigenvalue weighted by Crippen LogP contribution is -1.95. The van der Waals surface area contributed by atoms with E-state index in [-0.39, 0.29) is 0 Å². The fourth-order valence-corrected chi connectivity index (χ4v) is 3.11. The lowest BCUT2D eigenvalue weighted by molar-refractivity contribution is 0.535. The van der Waals surface area contributed by atoms with Crippen molar-refractivity contribution >= 4 is 39.1 Å². The van der Waals surface area contributed by atoms with Gasteiger partial charge in [0.1, 0.15) is 16.1 Å². The molecule has 0 amide bonds. The smallest absolute Gasteiger partial charge is 0.166 e. The number of rotatable bonds is 2. The fraction of sp³-hybridized carbons (Fsp3) is 0.0667. The van der Waals surface area contributed by atoms with Crippen LogP contribution in [0.2, 0.25) is 10.3 Å². The van der Waals surface area contributed by atoms with Crippen LogP contribution in [0.3, 0.4) is 0 Å². The lowest BCUT2D eigenvalue weighted by atomic mass is 10.1. The molecule has 0 aliphatic carbocycles. The first-order valence-corrected chi connectivity index (χ1v) is 7.65. The van der Waals surface area contributed by atoms with Crippen molar-refractivity contribution < 1.29 is 4.42 Å². The van der Waals surface area contributed by atoms with Crippen molar-refractivity contribution in [2.75, 3.05) is 0 Å². The van der Waals surface area contributed by atoms with Gasteiger partial charge in [-0.05, 0) is 19.1 Å². The van der Waals surface area contributed by atoms with Crippen LogP contribution >= 0.6 is 39.1 Å². The number of hydrogen-bond donors (Lipinski definition) is 0. The summed E-state index contributed by atoms with van der Waals surface area (Å²) in [6.07, 6.45) is 1.58. The average molecular weight is 384 g/mol. The van der Waals surface area contributed by atoms with Crippen molar-refractivity contribution in [3.63, 3.8) is 0 Å². The Kier molecular flexibility index (Phi) is 4.02. The highest BCUT2D eigenvalue weighted by Gasteiger charge is 2.18. The molecule has 0 radical (unpaired) electrons. The second kappa shape index (κ2) is 5.79. The highest BCUT2D eigenvalue weighted by molar-refractivity contribution is 9.10. The molecule has 3 rings (SSSR count). The third kappa shape index (κ3) is 2.71. The summed E-state index contributed by atoms with van der Waals surface area (Å²) < 4.78 is 6.14. The molecule has 0 saturated carbocycles. The quantitative estimate of drug-likeness (QED) is 0.526. The molecule has 0 unspecified atom stereocenters. The van der Waals surface area contributed by atoms with Gasteiger partial charge < -0.3 is 4.42 Å². The van der Waals surface area contributed by atoms with Crippen LogP contribution in [0.15, 0.2) is 45.5 Å². The van der Waals surface area contributed by atoms with Gasteiger partial charge >= 0.3 is 0 Å². The second-order valence-electron chi connectivity index (χ2n) is 4.37. The minimum absolute atomic E-state index is 0.303. The Labute approximate surface area is 140 Å². The number of nitrogens with zero attached hydrogens (tertiary/aromatic N) is 2. The normalized spacial score (nSPS) is 10.9. The zero-order chi connectivity index (χ0) is 15.0. The van der Waals surface area contributed by atoms with Crippen LogP contribution in [-0.2, 0) is 0 Å². The Morgan fingerprint density at radius 1 is 1.00 bits per heavy atom. The van der Waals surface area contributed by atoms with Gasteiger partial charge in [0.15, 0.2) is 5.82 Å². The Morgan fingerprint density at radius 3 is 2.24 bits per heavy atom. The van der Waals surface area contributed by atoms with Crippen LogP contribution in [0.5, 0.6) is 0 Å². The molecule has 2 heterocycles. The molecule has 0 bridgehead atoms. The summed E-state index contributed by atoms with van der Waals surface area (Å²) in [4.78, 5) is 8.69. The molecule has 0 aliphatic heterocycles. The van der Waals surface area contributed by atoms with Gasteiger partial charge in [-0.25, -0.2) is 9.97 Å². The number of halogens is 3. The van der Waals surface area contributed by atoms with Gasteiger partial charge in [-0.1, -0.05) is 57.3 Å². The van der Waals surface area contributed by atoms with E-state index in [1.807, 2.05) is 31.2 Å². The second-order valence-corrected chi connectivity index (χ2v) is 5.94. The molecule has 0 aliphatic rings. The summed E-state index contributed by atoms with van der Waals surface area (Å²) in [5.74, 6) is 1.17. The van der Waals surface area contributed by atoms with Crippen LogP contribution in [0.1, 0.15) is 5.76 Å². The Balaban J connectivity index is 2.18. The van der Waals surface area contributed by atoms with Crippen molar-refractivity contribution in [2.24, 2.45) is 0 Å². The van der Waals surface area contributed by atoms with Crippen molar-refractivity contribution in [3.8, 4) is 22.5 Å². The van der Waals surface area contributed by atoms with E-state index in [1.165, 1.54) is 0 Å². The number of furan rings is 1. The fourth-order valence-electron chi connectivity index (χ4n) is 2.03. The predicted octanol–water partition coefficient (Wildman–Crippen LogP) is 5.78. The third-order valence-corrected chi connectivity index (χ3v) is 4.30. The summed E-state index contributed by atoms with van der Waals surface area (Å²) in [5.41, 5.74) is 2.23. The predicted molar refractivity (Wildman–Crippen MR) is 87.6 cm³/mol. The highest BCUT2D eigenvalue weighted by Crippen LogP contribution is 2.38. The molecular weight excluding hydrogens is 375 g/mol. The molecule has 3 aromatic rings. The first-order chi connectivity index (χ1) is 10.1. The molecule has 1 aromatic carbocycles. The van der Waals surface area contributed by atoms with E-state index in [1.54, 1.807) is 12.3 Å². The average Bonchev–Trinajstić information content (AvgIpc) is 2.86. The molecule has 0 fully saturated rings. The van der Waals surface area contributed by atoms with Gasteiger partial charge in [0.05, 0.1) is 17.4 Å². The van der Waals surface area contributed by atoms with Crippen LogP contribution < -0.4 is 0 Å². The molecule has 0 saturated heterocycles. The molecule has 6 heteroatoms. The van der Waals surface area contributed by atoms with Gasteiger partial charge in [0.25, 0.3) is 0 Å². The van der Waals surface area contributed by atoms with Gasteiger partial charge in [0.2, 0.25) is 0 Å². The molecule has 0 spiro atoms. The highest BCUT2D eigenvalue weighted by atomic mass is 79.9. The first kappa shape index (κ1) is 14.6. The molecule has 3 nitrogen and oxygen atoms in total. The molecule has 0 N–H and O–H groups in total. The van der Waals surface area contributed by atoms with Crippen molar-refractivity contribution in [1.29, 1.82) is 0 Å². The zero-order valence-corrected chi connectivity index (χ0v) is 14.0. The van der Waals surface area contributed by atoms with Crippen LogP contribution in [0.25, 0.3) is 22.5 Å². The van der Waals surface area contributed by atoms with Crippen LogP contribution in [0.4, 0.5) is 0 Å². The molecule has 21 heavy (non-hydrogen) atoms. The standard InChI is InChI=1S/C15H9BrCl2N2O/c1-8-9(6-7-21-8)15-19-13(17)12(14(18)20-15)10-4-2-3-5-11(10)16/h2-7H,1H3. The Bertz CT molecular complexity index is 794. The summed E-state index contributed by atoms with van der Waals surface area (Å²) in [5, 5.41) is 0.606. The number of aryl methyl sites for hydroxylation is 1. The maximum Gasteiger partial charge on any atom is 0.166 e. The van der Waals surface area contributed by atoms with Gasteiger partial charge in [0, 0.05) is 10.0 Å². The number of hydrogen-bond acceptors (Lipinski definition) is 3. The first-order valence-electron chi connectivity index (χ1n) is 6.10. The monoisotopic (exact) mass is 382 g/mol. The zero-order valence-electron chi connectivity index (χ0n) is 10.9. The summed E-state index contributed by atoms with van der Waals surface area (Å²) >= 11 is 16.1. The van der Waals surface area contributed by atoms with E-state index in [9.17, 15) is 0 Å². The lowest BCUT2D eigenvalue weighted by Gasteiger charge is -2.09. The SMILES string of the molecule is Cc1occc1-c1nc(Cl)c(-c2ccccc2Br)c(Cl)n1. The minimum Gasteiger partial charge on any atom is -0.469 e. The Hall–Kier alpha value is -1.36. The van der Waals surface area contributed by atoms with Crippen LogP contribution in [-0.4, -0.2) is 9.97 Å². The summed E-state index contributed by atoms with van der Waals surface area (Å²) in [7, 11) is 0. The molecule has 106 valence electrons. The number of aromatic nitrogens is 2. The van der Waals surface area contributed by atoms with Crippen molar-refractivity contribution in [3.05, 3.63) is 57.1 Å². The van der Waals surface area contributed by atoms with E-state index >= 15 is 0 Å². The molecular formula is C15H9BrCl2N2O. The van der Waals surface area contributed by atoms with E-state index in [0.29, 0.717) is 21.7 Å². The topological polar surface area (TPSA) is 38.9 Å². The van der Waals surface area contributed by atoms with Gasteiger partial charge in [-0.3, -0.25) is 0 Å².